The molecule has 3 aromatic rings. The summed E-state index contributed by atoms with van der Waals surface area (Å²) in [5, 5.41) is 4.00. The number of rotatable bonds is 5. The van der Waals surface area contributed by atoms with Crippen LogP contribution in [0.2, 0.25) is 0 Å². The van der Waals surface area contributed by atoms with Crippen molar-refractivity contribution in [1.82, 2.24) is 19.5 Å². The maximum Gasteiger partial charge on any atom is 0.241 e. The van der Waals surface area contributed by atoms with Crippen molar-refractivity contribution in [2.45, 2.75) is 17.9 Å². The van der Waals surface area contributed by atoms with Crippen molar-refractivity contribution in [3.63, 3.8) is 0 Å². The normalized spacial score (nSPS) is 12.9. The Hall–Kier alpha value is -2.65. The summed E-state index contributed by atoms with van der Waals surface area (Å²) in [6.07, 6.45) is 2.96. The largest absolute Gasteiger partial charge is 0.241 e. The van der Waals surface area contributed by atoms with Gasteiger partial charge in [0, 0.05) is 6.04 Å². The van der Waals surface area contributed by atoms with Gasteiger partial charge in [0.25, 0.3) is 0 Å². The maximum atomic E-state index is 13.3. The molecule has 0 fully saturated rings. The third-order valence-electron chi connectivity index (χ3n) is 3.61. The van der Waals surface area contributed by atoms with E-state index in [0.717, 1.165) is 17.8 Å². The Morgan fingerprint density at radius 2 is 1.80 bits per heavy atom. The fraction of sp³-hybridized carbons (Fsp3) is 0.125. The minimum atomic E-state index is -3.98. The van der Waals surface area contributed by atoms with E-state index in [1.165, 1.54) is 6.33 Å². The summed E-state index contributed by atoms with van der Waals surface area (Å²) in [4.78, 5) is 3.52. The molecule has 25 heavy (non-hydrogen) atoms. The van der Waals surface area contributed by atoms with E-state index in [0.29, 0.717) is 11.6 Å². The SMILES string of the molecule is C[C@H](NS(=O)(=O)c1ccc(F)c(F)c1)c1ccc(-n2cncn2)cc1. The van der Waals surface area contributed by atoms with E-state index < -0.39 is 27.7 Å². The molecular formula is C16H14F2N4O2S. The summed E-state index contributed by atoms with van der Waals surface area (Å²) in [5.74, 6) is -2.32. The van der Waals surface area contributed by atoms with Gasteiger partial charge in [-0.3, -0.25) is 0 Å². The van der Waals surface area contributed by atoms with Gasteiger partial charge < -0.3 is 0 Å². The standard InChI is InChI=1S/C16H14F2N4O2S/c1-11(12-2-4-13(5-3-12)22-10-19-9-20-22)21-25(23,24)14-6-7-15(17)16(18)8-14/h2-11,21H,1H3/t11-/m0/s1. The number of halogens is 2. The predicted octanol–water partition coefficient (Wildman–Crippen LogP) is 2.59. The smallest absolute Gasteiger partial charge is 0.223 e. The molecule has 3 rings (SSSR count). The highest BCUT2D eigenvalue weighted by Gasteiger charge is 2.20. The van der Waals surface area contributed by atoms with E-state index >= 15 is 0 Å². The number of hydrogen-bond donors (Lipinski definition) is 1. The van der Waals surface area contributed by atoms with E-state index in [2.05, 4.69) is 14.8 Å². The Bertz CT molecular complexity index is 974. The van der Waals surface area contributed by atoms with Crippen LogP contribution in [0.4, 0.5) is 8.78 Å². The maximum absolute atomic E-state index is 13.3. The van der Waals surface area contributed by atoms with Crippen molar-refractivity contribution in [1.29, 1.82) is 0 Å². The lowest BCUT2D eigenvalue weighted by Gasteiger charge is -2.15. The number of aromatic nitrogens is 3. The van der Waals surface area contributed by atoms with Gasteiger partial charge in [0.15, 0.2) is 11.6 Å². The molecular weight excluding hydrogens is 350 g/mol. The van der Waals surface area contributed by atoms with Crippen LogP contribution in [0.15, 0.2) is 60.0 Å². The molecule has 2 aromatic carbocycles. The first-order chi connectivity index (χ1) is 11.9. The van der Waals surface area contributed by atoms with Crippen LogP contribution in [0, 0.1) is 11.6 Å². The van der Waals surface area contributed by atoms with Crippen molar-refractivity contribution in [2.75, 3.05) is 0 Å². The van der Waals surface area contributed by atoms with Crippen LogP contribution in [-0.2, 0) is 10.0 Å². The van der Waals surface area contributed by atoms with Crippen molar-refractivity contribution in [3.05, 3.63) is 72.3 Å². The van der Waals surface area contributed by atoms with E-state index in [1.54, 1.807) is 42.2 Å². The Morgan fingerprint density at radius 1 is 1.08 bits per heavy atom. The molecule has 0 radical (unpaired) electrons. The highest BCUT2D eigenvalue weighted by molar-refractivity contribution is 7.89. The summed E-state index contributed by atoms with van der Waals surface area (Å²) in [5.41, 5.74) is 1.48. The quantitative estimate of drug-likeness (QED) is 0.755. The molecule has 9 heteroatoms. The molecule has 0 saturated heterocycles. The number of nitrogens with zero attached hydrogens (tertiary/aromatic N) is 3. The van der Waals surface area contributed by atoms with Gasteiger partial charge in [-0.25, -0.2) is 31.6 Å². The molecule has 0 aliphatic heterocycles. The Morgan fingerprint density at radius 3 is 2.40 bits per heavy atom. The first kappa shape index (κ1) is 17.2. The second kappa shape index (κ2) is 6.69. The Kier molecular flexibility index (Phi) is 4.60. The number of nitrogens with one attached hydrogen (secondary N) is 1. The van der Waals surface area contributed by atoms with Gasteiger partial charge in [-0.15, -0.1) is 0 Å². The second-order valence-electron chi connectivity index (χ2n) is 5.35. The first-order valence-corrected chi connectivity index (χ1v) is 8.77. The zero-order valence-corrected chi connectivity index (χ0v) is 13.9. The van der Waals surface area contributed by atoms with Gasteiger partial charge in [0.05, 0.1) is 10.6 Å². The zero-order valence-electron chi connectivity index (χ0n) is 13.1. The van der Waals surface area contributed by atoms with E-state index in [-0.39, 0.29) is 4.90 Å². The molecule has 1 N–H and O–H groups in total. The van der Waals surface area contributed by atoms with Gasteiger partial charge in [-0.05, 0) is 42.8 Å². The molecule has 1 heterocycles. The zero-order chi connectivity index (χ0) is 18.0. The number of hydrogen-bond acceptors (Lipinski definition) is 4. The van der Waals surface area contributed by atoms with Crippen molar-refractivity contribution in [3.8, 4) is 5.69 Å². The van der Waals surface area contributed by atoms with Crippen LogP contribution in [-0.4, -0.2) is 23.2 Å². The summed E-state index contributed by atoms with van der Waals surface area (Å²) >= 11 is 0. The van der Waals surface area contributed by atoms with Crippen LogP contribution in [0.25, 0.3) is 5.69 Å². The summed E-state index contributed by atoms with van der Waals surface area (Å²) in [6, 6.07) is 8.91. The number of benzene rings is 2. The van der Waals surface area contributed by atoms with Gasteiger partial charge in [-0.2, -0.15) is 5.10 Å². The monoisotopic (exact) mass is 364 g/mol. The lowest BCUT2D eigenvalue weighted by Crippen LogP contribution is -2.27. The van der Waals surface area contributed by atoms with E-state index in [9.17, 15) is 17.2 Å². The first-order valence-electron chi connectivity index (χ1n) is 7.29. The molecule has 0 bridgehead atoms. The fourth-order valence-electron chi connectivity index (χ4n) is 2.27. The highest BCUT2D eigenvalue weighted by atomic mass is 32.2. The van der Waals surface area contributed by atoms with Crippen molar-refractivity contribution < 1.29 is 17.2 Å². The summed E-state index contributed by atoms with van der Waals surface area (Å²) < 4.78 is 54.9. The van der Waals surface area contributed by atoms with Crippen LogP contribution in [0.1, 0.15) is 18.5 Å². The third-order valence-corrected chi connectivity index (χ3v) is 5.15. The van der Waals surface area contributed by atoms with Gasteiger partial charge in [0.1, 0.15) is 12.7 Å². The number of sulfonamides is 1. The lowest BCUT2D eigenvalue weighted by molar-refractivity contribution is 0.503. The molecule has 0 spiro atoms. The highest BCUT2D eigenvalue weighted by Crippen LogP contribution is 2.19. The molecule has 1 aromatic heterocycles. The molecule has 0 aliphatic rings. The minimum Gasteiger partial charge on any atom is -0.223 e. The van der Waals surface area contributed by atoms with Crippen LogP contribution < -0.4 is 4.72 Å². The summed E-state index contributed by atoms with van der Waals surface area (Å²) in [7, 11) is -3.98. The van der Waals surface area contributed by atoms with Crippen LogP contribution >= 0.6 is 0 Å². The fourth-order valence-corrected chi connectivity index (χ4v) is 3.51. The van der Waals surface area contributed by atoms with Crippen LogP contribution in [0.3, 0.4) is 0 Å². The molecule has 6 nitrogen and oxygen atoms in total. The van der Waals surface area contributed by atoms with Gasteiger partial charge >= 0.3 is 0 Å². The average molecular weight is 364 g/mol. The average Bonchev–Trinajstić information content (AvgIpc) is 3.11. The minimum absolute atomic E-state index is 0.336. The molecule has 1 atom stereocenters. The topological polar surface area (TPSA) is 76.9 Å². The second-order valence-corrected chi connectivity index (χ2v) is 7.06. The molecule has 0 unspecified atom stereocenters. The Balaban J connectivity index is 1.78. The van der Waals surface area contributed by atoms with Gasteiger partial charge in [0.2, 0.25) is 10.0 Å². The molecule has 0 amide bonds. The molecule has 0 aliphatic carbocycles. The third kappa shape index (κ3) is 3.72. The Labute approximate surface area is 143 Å². The molecule has 0 saturated carbocycles. The van der Waals surface area contributed by atoms with E-state index in [4.69, 9.17) is 0 Å². The lowest BCUT2D eigenvalue weighted by atomic mass is 10.1. The van der Waals surface area contributed by atoms with E-state index in [1.807, 2.05) is 0 Å². The predicted molar refractivity (Wildman–Crippen MR) is 86.5 cm³/mol. The van der Waals surface area contributed by atoms with Crippen molar-refractivity contribution >= 4 is 10.0 Å². The van der Waals surface area contributed by atoms with Crippen molar-refractivity contribution in [2.24, 2.45) is 0 Å². The molecule has 130 valence electrons. The van der Waals surface area contributed by atoms with Gasteiger partial charge in [-0.1, -0.05) is 12.1 Å². The summed E-state index contributed by atoms with van der Waals surface area (Å²) in [6.45, 7) is 1.65. The van der Waals surface area contributed by atoms with Crippen LogP contribution in [0.5, 0.6) is 0 Å².